The molecule has 0 saturated heterocycles. The van der Waals surface area contributed by atoms with Gasteiger partial charge in [-0.15, -0.1) is 0 Å². The molecule has 2 nitrogen and oxygen atoms in total. The average molecular weight is 190 g/mol. The van der Waals surface area contributed by atoms with E-state index in [1.165, 1.54) is 0 Å². The number of Topliss-reactive ketones (excluding diaryl/α,β-unsaturated/α-hetero) is 1. The summed E-state index contributed by atoms with van der Waals surface area (Å²) in [5.41, 5.74) is 2.52. The molecule has 0 radical (unpaired) electrons. The van der Waals surface area contributed by atoms with E-state index in [4.69, 9.17) is 0 Å². The van der Waals surface area contributed by atoms with E-state index in [0.717, 1.165) is 11.1 Å². The number of ketones is 1. The summed E-state index contributed by atoms with van der Waals surface area (Å²) in [6.07, 6.45) is 0.547. The van der Waals surface area contributed by atoms with Crippen LogP contribution in [0.1, 0.15) is 41.8 Å². The van der Waals surface area contributed by atoms with Crippen LogP contribution in [0.15, 0.2) is 12.1 Å². The van der Waals surface area contributed by atoms with Gasteiger partial charge in [0.15, 0.2) is 5.78 Å². The SMILES string of the molecule is Cc1cc2c(cc1O)C(=O)CC2(C)C. The van der Waals surface area contributed by atoms with E-state index in [-0.39, 0.29) is 16.9 Å². The van der Waals surface area contributed by atoms with Gasteiger partial charge in [-0.1, -0.05) is 19.9 Å². The van der Waals surface area contributed by atoms with E-state index in [1.54, 1.807) is 6.07 Å². The van der Waals surface area contributed by atoms with Crippen molar-refractivity contribution < 1.29 is 9.90 Å². The summed E-state index contributed by atoms with van der Waals surface area (Å²) in [6, 6.07) is 3.53. The van der Waals surface area contributed by atoms with Crippen LogP contribution in [-0.4, -0.2) is 10.9 Å². The Labute approximate surface area is 83.6 Å². The number of fused-ring (bicyclic) bond motifs is 1. The van der Waals surface area contributed by atoms with Gasteiger partial charge < -0.3 is 5.11 Å². The molecule has 0 heterocycles. The molecule has 0 aromatic heterocycles. The fourth-order valence-corrected chi connectivity index (χ4v) is 2.08. The van der Waals surface area contributed by atoms with Crippen molar-refractivity contribution in [2.75, 3.05) is 0 Å². The largest absolute Gasteiger partial charge is 0.508 e. The first kappa shape index (κ1) is 9.25. The minimum atomic E-state index is -0.0785. The quantitative estimate of drug-likeness (QED) is 0.682. The third-order valence-electron chi connectivity index (χ3n) is 2.97. The van der Waals surface area contributed by atoms with Crippen molar-refractivity contribution in [1.29, 1.82) is 0 Å². The van der Waals surface area contributed by atoms with Gasteiger partial charge in [0.25, 0.3) is 0 Å². The van der Waals surface area contributed by atoms with Crippen molar-refractivity contribution in [3.05, 3.63) is 28.8 Å². The lowest BCUT2D eigenvalue weighted by Crippen LogP contribution is -2.12. The first-order valence-corrected chi connectivity index (χ1v) is 4.79. The van der Waals surface area contributed by atoms with Crippen LogP contribution < -0.4 is 0 Å². The zero-order valence-electron chi connectivity index (χ0n) is 8.72. The molecule has 0 fully saturated rings. The fourth-order valence-electron chi connectivity index (χ4n) is 2.08. The van der Waals surface area contributed by atoms with Gasteiger partial charge in [-0.2, -0.15) is 0 Å². The Morgan fingerprint density at radius 2 is 2.00 bits per heavy atom. The lowest BCUT2D eigenvalue weighted by molar-refractivity contribution is 0.0979. The number of benzene rings is 1. The van der Waals surface area contributed by atoms with Crippen molar-refractivity contribution in [1.82, 2.24) is 0 Å². The van der Waals surface area contributed by atoms with Gasteiger partial charge >= 0.3 is 0 Å². The predicted molar refractivity (Wildman–Crippen MR) is 54.8 cm³/mol. The van der Waals surface area contributed by atoms with Crippen molar-refractivity contribution in [3.63, 3.8) is 0 Å². The van der Waals surface area contributed by atoms with Crippen molar-refractivity contribution in [2.45, 2.75) is 32.6 Å². The highest BCUT2D eigenvalue weighted by molar-refractivity contribution is 6.02. The zero-order valence-corrected chi connectivity index (χ0v) is 8.72. The number of phenolic OH excluding ortho intramolecular Hbond substituents is 1. The first-order valence-electron chi connectivity index (χ1n) is 4.79. The second-order valence-corrected chi connectivity index (χ2v) is 4.67. The van der Waals surface area contributed by atoms with Crippen LogP contribution in [-0.2, 0) is 5.41 Å². The maximum absolute atomic E-state index is 11.6. The molecule has 1 N–H and O–H groups in total. The number of carbonyl (C=O) groups is 1. The van der Waals surface area contributed by atoms with E-state index in [2.05, 4.69) is 13.8 Å². The third-order valence-corrected chi connectivity index (χ3v) is 2.97. The number of carbonyl (C=O) groups excluding carboxylic acids is 1. The van der Waals surface area contributed by atoms with E-state index < -0.39 is 0 Å². The van der Waals surface area contributed by atoms with Gasteiger partial charge in [0.2, 0.25) is 0 Å². The topological polar surface area (TPSA) is 37.3 Å². The van der Waals surface area contributed by atoms with Gasteiger partial charge in [-0.25, -0.2) is 0 Å². The number of aryl methyl sites for hydroxylation is 1. The highest BCUT2D eigenvalue weighted by Gasteiger charge is 2.36. The second-order valence-electron chi connectivity index (χ2n) is 4.67. The van der Waals surface area contributed by atoms with Crippen LogP contribution in [0.25, 0.3) is 0 Å². The molecule has 14 heavy (non-hydrogen) atoms. The molecule has 0 spiro atoms. The van der Waals surface area contributed by atoms with Crippen LogP contribution >= 0.6 is 0 Å². The van der Waals surface area contributed by atoms with E-state index in [0.29, 0.717) is 12.0 Å². The Bertz CT molecular complexity index is 417. The lowest BCUT2D eigenvalue weighted by Gasteiger charge is -2.18. The van der Waals surface area contributed by atoms with E-state index in [1.807, 2.05) is 13.0 Å². The van der Waals surface area contributed by atoms with Crippen LogP contribution in [0.5, 0.6) is 5.75 Å². The molecule has 0 unspecified atom stereocenters. The fraction of sp³-hybridized carbons (Fsp3) is 0.417. The highest BCUT2D eigenvalue weighted by atomic mass is 16.3. The summed E-state index contributed by atoms with van der Waals surface area (Å²) in [7, 11) is 0. The van der Waals surface area contributed by atoms with Crippen LogP contribution in [0.3, 0.4) is 0 Å². The molecule has 0 saturated carbocycles. The Kier molecular flexibility index (Phi) is 1.71. The number of hydrogen-bond donors (Lipinski definition) is 1. The van der Waals surface area contributed by atoms with E-state index in [9.17, 15) is 9.90 Å². The molecule has 2 heteroatoms. The molecule has 0 atom stereocenters. The number of aromatic hydroxyl groups is 1. The van der Waals surface area contributed by atoms with Gasteiger partial charge in [0.05, 0.1) is 0 Å². The maximum Gasteiger partial charge on any atom is 0.164 e. The Balaban J connectivity index is 2.70. The molecule has 0 amide bonds. The van der Waals surface area contributed by atoms with Crippen molar-refractivity contribution in [2.24, 2.45) is 0 Å². The van der Waals surface area contributed by atoms with Gasteiger partial charge in [-0.3, -0.25) is 4.79 Å². The van der Waals surface area contributed by atoms with Gasteiger partial charge in [0.1, 0.15) is 5.75 Å². The van der Waals surface area contributed by atoms with Gasteiger partial charge in [0, 0.05) is 12.0 Å². The normalized spacial score (nSPS) is 18.4. The Morgan fingerprint density at radius 1 is 1.36 bits per heavy atom. The molecular formula is C12H14O2. The maximum atomic E-state index is 11.6. The highest BCUT2D eigenvalue weighted by Crippen LogP contribution is 2.40. The molecule has 1 aromatic carbocycles. The van der Waals surface area contributed by atoms with Crippen molar-refractivity contribution >= 4 is 5.78 Å². The van der Waals surface area contributed by atoms with E-state index >= 15 is 0 Å². The molecule has 0 aliphatic heterocycles. The molecule has 2 rings (SSSR count). The molecule has 74 valence electrons. The van der Waals surface area contributed by atoms with Crippen LogP contribution in [0, 0.1) is 6.92 Å². The molecule has 0 bridgehead atoms. The molecule has 1 aromatic rings. The second kappa shape index (κ2) is 2.59. The summed E-state index contributed by atoms with van der Waals surface area (Å²) in [4.78, 5) is 11.6. The minimum absolute atomic E-state index is 0.0785. The summed E-state index contributed by atoms with van der Waals surface area (Å²) in [5.74, 6) is 0.357. The summed E-state index contributed by atoms with van der Waals surface area (Å²) in [5, 5.41) is 9.52. The smallest absolute Gasteiger partial charge is 0.164 e. The summed E-state index contributed by atoms with van der Waals surface area (Å²) in [6.45, 7) is 5.98. The van der Waals surface area contributed by atoms with Crippen LogP contribution in [0.2, 0.25) is 0 Å². The Morgan fingerprint density at radius 3 is 2.64 bits per heavy atom. The number of rotatable bonds is 0. The van der Waals surface area contributed by atoms with Gasteiger partial charge in [-0.05, 0) is 29.5 Å². The Hall–Kier alpha value is -1.31. The lowest BCUT2D eigenvalue weighted by atomic mass is 9.86. The summed E-state index contributed by atoms with van der Waals surface area (Å²) < 4.78 is 0. The molecule has 1 aliphatic rings. The average Bonchev–Trinajstić information content (AvgIpc) is 2.26. The zero-order chi connectivity index (χ0) is 10.5. The number of phenols is 1. The standard InChI is InChI=1S/C12H14O2/c1-7-4-9-8(5-10(7)13)11(14)6-12(9,2)3/h4-5,13H,6H2,1-3H3. The monoisotopic (exact) mass is 190 g/mol. The molecular weight excluding hydrogens is 176 g/mol. The predicted octanol–water partition coefficient (Wildman–Crippen LogP) is 2.56. The number of hydrogen-bond acceptors (Lipinski definition) is 2. The minimum Gasteiger partial charge on any atom is -0.508 e. The summed E-state index contributed by atoms with van der Waals surface area (Å²) >= 11 is 0. The third kappa shape index (κ3) is 1.14. The molecule has 1 aliphatic carbocycles. The van der Waals surface area contributed by atoms with Crippen LogP contribution in [0.4, 0.5) is 0 Å². The van der Waals surface area contributed by atoms with Crippen molar-refractivity contribution in [3.8, 4) is 5.75 Å². The first-order chi connectivity index (χ1) is 6.42.